The van der Waals surface area contributed by atoms with Crippen molar-refractivity contribution >= 4 is 41.7 Å². The van der Waals surface area contributed by atoms with Gasteiger partial charge in [0.1, 0.15) is 49.4 Å². The maximum Gasteiger partial charge on any atom is 0.411 e. The summed E-state index contributed by atoms with van der Waals surface area (Å²) in [5.41, 5.74) is 1.09. The van der Waals surface area contributed by atoms with Gasteiger partial charge in [0.05, 0.1) is 47.3 Å². The number of alkyl halides is 1. The van der Waals surface area contributed by atoms with Gasteiger partial charge in [-0.2, -0.15) is 9.97 Å². The minimum Gasteiger partial charge on any atom is -0.493 e. The average molecular weight is 992 g/mol. The van der Waals surface area contributed by atoms with Gasteiger partial charge in [-0.25, -0.2) is 22.4 Å². The van der Waals surface area contributed by atoms with Crippen LogP contribution in [-0.4, -0.2) is 130 Å². The summed E-state index contributed by atoms with van der Waals surface area (Å²) in [7, 11) is 1.85. The molecule has 8 rings (SSSR count). The molecule has 0 aliphatic carbocycles. The van der Waals surface area contributed by atoms with Crippen LogP contribution in [0.3, 0.4) is 0 Å². The molecule has 5 heterocycles. The van der Waals surface area contributed by atoms with E-state index in [0.29, 0.717) is 24.6 Å². The molecule has 4 fully saturated rings. The number of rotatable bonds is 14. The van der Waals surface area contributed by atoms with Gasteiger partial charge in [0.15, 0.2) is 24.2 Å². The number of nitrogens with zero attached hydrogens (tertiary/aromatic N) is 5. The van der Waals surface area contributed by atoms with Crippen molar-refractivity contribution in [2.75, 3.05) is 72.4 Å². The molecule has 4 aliphatic rings. The zero-order valence-electron chi connectivity index (χ0n) is 42.8. The minimum atomic E-state index is -2.45. The number of amides is 1. The Morgan fingerprint density at radius 3 is 2.29 bits per heavy atom. The summed E-state index contributed by atoms with van der Waals surface area (Å²) in [5.74, 6) is 0.405. The molecule has 2 unspecified atom stereocenters. The first-order valence-electron chi connectivity index (χ1n) is 24.6. The number of fused-ring (bicyclic) bond motifs is 5. The molecule has 0 saturated carbocycles. The normalized spacial score (nSPS) is 22.7. The van der Waals surface area contributed by atoms with Crippen LogP contribution in [-0.2, 0) is 14.2 Å². The highest BCUT2D eigenvalue weighted by Crippen LogP contribution is 2.50. The van der Waals surface area contributed by atoms with E-state index in [1.165, 1.54) is 32.4 Å². The zero-order chi connectivity index (χ0) is 50.7. The fourth-order valence-electron chi connectivity index (χ4n) is 12.5. The fourth-order valence-corrected chi connectivity index (χ4v) is 17.7. The number of hydrogen-bond acceptors (Lipinski definition) is 11. The van der Waals surface area contributed by atoms with E-state index in [-0.39, 0.29) is 113 Å². The van der Waals surface area contributed by atoms with Gasteiger partial charge in [0.2, 0.25) is 0 Å². The molecule has 0 radical (unpaired) electrons. The fraction of sp³-hybridized carbons (Fsp3) is 0.604. The molecule has 1 amide bonds. The van der Waals surface area contributed by atoms with Crippen LogP contribution in [0.15, 0.2) is 24.3 Å². The molecule has 2 bridgehead atoms. The zero-order valence-corrected chi connectivity index (χ0v) is 43.8. The second-order valence-corrected chi connectivity index (χ2v) is 27.3. The van der Waals surface area contributed by atoms with E-state index < -0.39 is 66.1 Å². The average Bonchev–Trinajstić information content (AvgIpc) is 3.89. The van der Waals surface area contributed by atoms with Crippen LogP contribution in [0.4, 0.5) is 28.2 Å². The number of carbonyl (C=O) groups excluding carboxylic acids is 1. The van der Waals surface area contributed by atoms with Crippen molar-refractivity contribution in [3.63, 3.8) is 0 Å². The molecule has 1 aromatic heterocycles. The summed E-state index contributed by atoms with van der Waals surface area (Å²) in [6, 6.07) is 5.37. The molecule has 380 valence electrons. The van der Waals surface area contributed by atoms with E-state index in [1.807, 2.05) is 25.7 Å². The van der Waals surface area contributed by atoms with Crippen molar-refractivity contribution < 1.29 is 50.8 Å². The Morgan fingerprint density at radius 1 is 0.900 bits per heavy atom. The third-order valence-electron chi connectivity index (χ3n) is 15.3. The van der Waals surface area contributed by atoms with Crippen molar-refractivity contribution in [3.05, 3.63) is 47.3 Å². The lowest BCUT2D eigenvalue weighted by Crippen LogP contribution is -2.66. The number of hydrogen-bond donors (Lipinski definition) is 0. The Labute approximate surface area is 410 Å². The van der Waals surface area contributed by atoms with Crippen molar-refractivity contribution in [1.82, 2.24) is 19.8 Å². The molecule has 4 aliphatic heterocycles. The highest BCUT2D eigenvalue weighted by Gasteiger charge is 2.56. The summed E-state index contributed by atoms with van der Waals surface area (Å²) < 4.78 is 103. The minimum absolute atomic E-state index is 0.000224. The van der Waals surface area contributed by atoms with E-state index in [9.17, 15) is 4.79 Å². The number of methoxy groups -OCH3 is 3. The van der Waals surface area contributed by atoms with Crippen LogP contribution in [0.5, 0.6) is 17.5 Å². The van der Waals surface area contributed by atoms with E-state index in [1.54, 1.807) is 18.1 Å². The first-order chi connectivity index (χ1) is 33.1. The van der Waals surface area contributed by atoms with Crippen LogP contribution in [0, 0.1) is 28.9 Å². The third kappa shape index (κ3) is 9.04. The Balaban J connectivity index is 1.38. The predicted molar refractivity (Wildman–Crippen MR) is 266 cm³/mol. The van der Waals surface area contributed by atoms with Crippen LogP contribution in [0.2, 0.25) is 16.6 Å². The van der Waals surface area contributed by atoms with Crippen LogP contribution in [0.25, 0.3) is 32.8 Å². The molecule has 70 heavy (non-hydrogen) atoms. The van der Waals surface area contributed by atoms with Crippen molar-refractivity contribution in [2.24, 2.45) is 0 Å². The summed E-state index contributed by atoms with van der Waals surface area (Å²) in [6.45, 7) is 19.7. The number of anilines is 1. The van der Waals surface area contributed by atoms with Crippen LogP contribution in [0.1, 0.15) is 100.0 Å². The van der Waals surface area contributed by atoms with Crippen molar-refractivity contribution in [1.29, 1.82) is 0 Å². The molecule has 4 saturated heterocycles. The molecule has 3 aromatic carbocycles. The first kappa shape index (κ1) is 51.5. The number of piperazine rings is 1. The van der Waals surface area contributed by atoms with Crippen LogP contribution >= 0.6 is 0 Å². The highest BCUT2D eigenvalue weighted by atomic mass is 28.3. The maximum absolute atomic E-state index is 18.4. The third-order valence-corrected chi connectivity index (χ3v) is 21.6. The molecule has 0 spiro atoms. The second kappa shape index (κ2) is 19.6. The summed E-state index contributed by atoms with van der Waals surface area (Å²) >= 11 is 0. The highest BCUT2D eigenvalue weighted by molar-refractivity contribution is 6.90. The summed E-state index contributed by atoms with van der Waals surface area (Å²) in [5, 5.41) is 0.538. The van der Waals surface area contributed by atoms with Crippen molar-refractivity contribution in [2.45, 2.75) is 140 Å². The first-order valence-corrected chi connectivity index (χ1v) is 26.8. The van der Waals surface area contributed by atoms with Gasteiger partial charge in [-0.1, -0.05) is 53.5 Å². The second-order valence-electron chi connectivity index (χ2n) is 21.7. The standard InChI is InChI=1S/C53H69F4N5O7Si/c1-31(2)70(32(3)4,33(5)6)21-17-38-40(55)15-14-34-22-37(68-30-65-11)23-39(41(34)38)42-44(56)46-43(47(66-12)45(42)57)48(59-49(58-46)67-29-52-18-13-20-61(52)25-35(54)24-52)60-26-36-16-19-53(27-60,28-64-10)62(36)50(63)69-51(7,8)9/h14-15,22-23,31-33,35-36H,13,16,18-20,24-30H2,1-12H3/t35-,36?,52+,53?/m1/s1. The Morgan fingerprint density at radius 2 is 1.63 bits per heavy atom. The van der Waals surface area contributed by atoms with Gasteiger partial charge < -0.3 is 33.3 Å². The largest absolute Gasteiger partial charge is 0.493 e. The van der Waals surface area contributed by atoms with Gasteiger partial charge in [0, 0.05) is 51.2 Å². The summed E-state index contributed by atoms with van der Waals surface area (Å²) in [4.78, 5) is 29.3. The Kier molecular flexibility index (Phi) is 14.4. The van der Waals surface area contributed by atoms with E-state index in [0.717, 1.165) is 13.0 Å². The lowest BCUT2D eigenvalue weighted by molar-refractivity contribution is -0.0261. The molecule has 12 nitrogen and oxygen atoms in total. The number of benzene rings is 3. The Bertz CT molecular complexity index is 2680. The van der Waals surface area contributed by atoms with Gasteiger partial charge >= 0.3 is 12.1 Å². The van der Waals surface area contributed by atoms with Crippen molar-refractivity contribution in [3.8, 4) is 40.1 Å². The quantitative estimate of drug-likeness (QED) is 0.0521. The molecule has 4 atom stereocenters. The monoisotopic (exact) mass is 991 g/mol. The Hall–Kier alpha value is -4.89. The number of aromatic nitrogens is 2. The lowest BCUT2D eigenvalue weighted by atomic mass is 9.92. The van der Waals surface area contributed by atoms with E-state index in [4.69, 9.17) is 38.4 Å². The maximum atomic E-state index is 18.4. The smallest absolute Gasteiger partial charge is 0.411 e. The SMILES string of the molecule is COCOc1cc(-c2c(F)c(OC)c3c(N4CC5CCC(COC)(C4)N5C(=O)OC(C)(C)C)nc(OC[C@@]45CCCN4C[C@H](F)C5)nc3c2F)c2c(C#C[Si](C(C)C)(C(C)C)C(C)C)c(F)ccc2c1. The van der Waals surface area contributed by atoms with Gasteiger partial charge in [0.25, 0.3) is 0 Å². The number of ether oxygens (including phenoxy) is 6. The molecular weight excluding hydrogens is 923 g/mol. The van der Waals surface area contributed by atoms with Gasteiger partial charge in [-0.15, -0.1) is 5.54 Å². The predicted octanol–water partition coefficient (Wildman–Crippen LogP) is 11.0. The molecule has 4 aromatic rings. The topological polar surface area (TPSA) is 108 Å². The van der Waals surface area contributed by atoms with E-state index in [2.05, 4.69) is 57.9 Å². The molecular formula is C53H69F4N5O7Si. The number of halogens is 4. The molecule has 17 heteroatoms. The van der Waals surface area contributed by atoms with Gasteiger partial charge in [-0.3, -0.25) is 9.80 Å². The van der Waals surface area contributed by atoms with Gasteiger partial charge in [-0.05, 0) is 93.2 Å². The summed E-state index contributed by atoms with van der Waals surface area (Å²) in [6.07, 6.45) is 1.48. The lowest BCUT2D eigenvalue weighted by Gasteiger charge is -2.49. The number of carbonyl (C=O) groups is 1. The van der Waals surface area contributed by atoms with Crippen LogP contribution < -0.4 is 19.1 Å². The van der Waals surface area contributed by atoms with E-state index >= 15 is 17.6 Å². The molecule has 0 N–H and O–H groups in total.